The predicted octanol–water partition coefficient (Wildman–Crippen LogP) is 3.04. The quantitative estimate of drug-likeness (QED) is 0.689. The van der Waals surface area contributed by atoms with Crippen molar-refractivity contribution in [2.24, 2.45) is 0 Å². The third-order valence-corrected chi connectivity index (χ3v) is 5.47. The SMILES string of the molecule is O=C(NNS(=O)(=O)c1ccccc1)c1cccc(-c2cccs2)c1. The Morgan fingerprint density at radius 1 is 0.917 bits per heavy atom. The zero-order chi connectivity index (χ0) is 17.0. The van der Waals surface area contributed by atoms with Gasteiger partial charge < -0.3 is 0 Å². The van der Waals surface area contributed by atoms with Gasteiger partial charge in [0, 0.05) is 10.4 Å². The maximum absolute atomic E-state index is 12.2. The number of nitrogens with one attached hydrogen (secondary N) is 2. The lowest BCUT2D eigenvalue weighted by Gasteiger charge is -2.09. The number of thiophene rings is 1. The van der Waals surface area contributed by atoms with E-state index in [0.29, 0.717) is 5.56 Å². The fraction of sp³-hybridized carbons (Fsp3) is 0. The van der Waals surface area contributed by atoms with Crippen LogP contribution in [0.4, 0.5) is 0 Å². The molecule has 5 nitrogen and oxygen atoms in total. The molecule has 0 aliphatic carbocycles. The molecule has 3 aromatic rings. The van der Waals surface area contributed by atoms with Gasteiger partial charge in [-0.3, -0.25) is 10.2 Å². The standard InChI is InChI=1S/C17H14N2O3S2/c20-17(18-19-24(21,22)15-8-2-1-3-9-15)14-7-4-6-13(12-14)16-10-5-11-23-16/h1-12,19H,(H,18,20). The first kappa shape index (κ1) is 16.4. The molecular weight excluding hydrogens is 344 g/mol. The van der Waals surface area contributed by atoms with Gasteiger partial charge in [0.2, 0.25) is 0 Å². The third kappa shape index (κ3) is 3.70. The van der Waals surface area contributed by atoms with Gasteiger partial charge in [-0.25, -0.2) is 8.42 Å². The molecule has 0 spiro atoms. The lowest BCUT2D eigenvalue weighted by molar-refractivity contribution is 0.0945. The highest BCUT2D eigenvalue weighted by Crippen LogP contribution is 2.25. The van der Waals surface area contributed by atoms with Gasteiger partial charge in [-0.1, -0.05) is 36.4 Å². The Labute approximate surface area is 144 Å². The molecule has 0 aliphatic heterocycles. The maximum Gasteiger partial charge on any atom is 0.266 e. The Hall–Kier alpha value is -2.48. The molecule has 1 heterocycles. The second-order valence-electron chi connectivity index (χ2n) is 4.93. The van der Waals surface area contributed by atoms with E-state index in [1.54, 1.807) is 47.7 Å². The highest BCUT2D eigenvalue weighted by atomic mass is 32.2. The van der Waals surface area contributed by atoms with Crippen molar-refractivity contribution in [3.63, 3.8) is 0 Å². The lowest BCUT2D eigenvalue weighted by Crippen LogP contribution is -2.41. The van der Waals surface area contributed by atoms with Crippen LogP contribution in [0.15, 0.2) is 77.0 Å². The molecule has 3 rings (SSSR count). The molecule has 1 amide bonds. The largest absolute Gasteiger partial charge is 0.273 e. The molecule has 0 aliphatic rings. The molecule has 122 valence electrons. The summed E-state index contributed by atoms with van der Waals surface area (Å²) in [5.74, 6) is -0.520. The average Bonchev–Trinajstić information content (AvgIpc) is 3.15. The minimum Gasteiger partial charge on any atom is -0.273 e. The molecule has 24 heavy (non-hydrogen) atoms. The van der Waals surface area contributed by atoms with Crippen molar-refractivity contribution in [1.29, 1.82) is 0 Å². The lowest BCUT2D eigenvalue weighted by atomic mass is 10.1. The minimum absolute atomic E-state index is 0.0811. The predicted molar refractivity (Wildman–Crippen MR) is 94.0 cm³/mol. The summed E-state index contributed by atoms with van der Waals surface area (Å²) in [5, 5.41) is 1.95. The topological polar surface area (TPSA) is 75.3 Å². The number of hydrazine groups is 1. The van der Waals surface area contributed by atoms with E-state index in [4.69, 9.17) is 0 Å². The van der Waals surface area contributed by atoms with Crippen molar-refractivity contribution in [1.82, 2.24) is 10.3 Å². The second-order valence-corrected chi connectivity index (χ2v) is 7.56. The molecule has 0 saturated heterocycles. The van der Waals surface area contributed by atoms with Crippen LogP contribution in [0, 0.1) is 0 Å². The summed E-state index contributed by atoms with van der Waals surface area (Å²) in [6, 6.07) is 18.7. The third-order valence-electron chi connectivity index (χ3n) is 3.28. The summed E-state index contributed by atoms with van der Waals surface area (Å²) in [6.07, 6.45) is 0. The smallest absolute Gasteiger partial charge is 0.266 e. The summed E-state index contributed by atoms with van der Waals surface area (Å²) in [4.78, 5) is 15.4. The summed E-state index contributed by atoms with van der Waals surface area (Å²) in [7, 11) is -3.80. The zero-order valence-corrected chi connectivity index (χ0v) is 14.1. The molecule has 0 bridgehead atoms. The van der Waals surface area contributed by atoms with Crippen LogP contribution in [-0.4, -0.2) is 14.3 Å². The zero-order valence-electron chi connectivity index (χ0n) is 12.5. The van der Waals surface area contributed by atoms with Gasteiger partial charge in [0.1, 0.15) is 0 Å². The summed E-state index contributed by atoms with van der Waals surface area (Å²) in [6.45, 7) is 0. The van der Waals surface area contributed by atoms with Crippen molar-refractivity contribution < 1.29 is 13.2 Å². The molecule has 2 aromatic carbocycles. The average molecular weight is 358 g/mol. The Balaban J connectivity index is 1.73. The van der Waals surface area contributed by atoms with Crippen molar-refractivity contribution in [2.45, 2.75) is 4.90 Å². The molecule has 0 radical (unpaired) electrons. The fourth-order valence-electron chi connectivity index (χ4n) is 2.10. The van der Waals surface area contributed by atoms with E-state index >= 15 is 0 Å². The number of carbonyl (C=O) groups excluding carboxylic acids is 1. The van der Waals surface area contributed by atoms with E-state index in [1.807, 2.05) is 23.6 Å². The van der Waals surface area contributed by atoms with Crippen LogP contribution in [0.3, 0.4) is 0 Å². The van der Waals surface area contributed by atoms with Gasteiger partial charge >= 0.3 is 0 Å². The van der Waals surface area contributed by atoms with E-state index in [0.717, 1.165) is 10.4 Å². The number of rotatable bonds is 5. The van der Waals surface area contributed by atoms with Gasteiger partial charge in [-0.05, 0) is 41.3 Å². The van der Waals surface area contributed by atoms with Gasteiger partial charge in [0.05, 0.1) is 4.90 Å². The van der Waals surface area contributed by atoms with E-state index in [1.165, 1.54) is 12.1 Å². The van der Waals surface area contributed by atoms with E-state index in [9.17, 15) is 13.2 Å². The molecule has 0 saturated carbocycles. The molecule has 0 atom stereocenters. The van der Waals surface area contributed by atoms with E-state index in [2.05, 4.69) is 10.3 Å². The van der Waals surface area contributed by atoms with E-state index < -0.39 is 15.9 Å². The first-order chi connectivity index (χ1) is 11.6. The van der Waals surface area contributed by atoms with Crippen LogP contribution in [0.5, 0.6) is 0 Å². The number of carbonyl (C=O) groups is 1. The Bertz CT molecular complexity index is 937. The molecule has 1 aromatic heterocycles. The highest BCUT2D eigenvalue weighted by Gasteiger charge is 2.15. The van der Waals surface area contributed by atoms with Gasteiger partial charge in [-0.15, -0.1) is 16.2 Å². The number of benzene rings is 2. The fourth-order valence-corrected chi connectivity index (χ4v) is 3.69. The summed E-state index contributed by atoms with van der Waals surface area (Å²) < 4.78 is 24.2. The van der Waals surface area contributed by atoms with Crippen LogP contribution in [-0.2, 0) is 10.0 Å². The van der Waals surface area contributed by atoms with Crippen LogP contribution >= 0.6 is 11.3 Å². The number of hydrogen-bond donors (Lipinski definition) is 2. The van der Waals surface area contributed by atoms with Crippen molar-refractivity contribution in [2.75, 3.05) is 0 Å². The van der Waals surface area contributed by atoms with Crippen LogP contribution < -0.4 is 10.3 Å². The Morgan fingerprint density at radius 2 is 1.71 bits per heavy atom. The normalized spacial score (nSPS) is 11.2. The Morgan fingerprint density at radius 3 is 2.42 bits per heavy atom. The Kier molecular flexibility index (Phi) is 4.75. The molecular formula is C17H14N2O3S2. The van der Waals surface area contributed by atoms with Crippen molar-refractivity contribution in [3.8, 4) is 10.4 Å². The maximum atomic E-state index is 12.2. The second kappa shape index (κ2) is 6.96. The number of sulfonamides is 1. The van der Waals surface area contributed by atoms with E-state index in [-0.39, 0.29) is 4.90 Å². The molecule has 0 fully saturated rings. The number of hydrogen-bond acceptors (Lipinski definition) is 4. The summed E-state index contributed by atoms with van der Waals surface area (Å²) in [5.41, 5.74) is 3.51. The van der Waals surface area contributed by atoms with Gasteiger partial charge in [-0.2, -0.15) is 0 Å². The molecule has 2 N–H and O–H groups in total. The number of amides is 1. The van der Waals surface area contributed by atoms with Gasteiger partial charge in [0.25, 0.3) is 15.9 Å². The van der Waals surface area contributed by atoms with Crippen LogP contribution in [0.2, 0.25) is 0 Å². The first-order valence-corrected chi connectivity index (χ1v) is 9.44. The summed E-state index contributed by atoms with van der Waals surface area (Å²) >= 11 is 1.57. The van der Waals surface area contributed by atoms with Crippen molar-refractivity contribution in [3.05, 3.63) is 77.7 Å². The molecule has 7 heteroatoms. The monoisotopic (exact) mass is 358 g/mol. The van der Waals surface area contributed by atoms with Crippen LogP contribution in [0.25, 0.3) is 10.4 Å². The minimum atomic E-state index is -3.80. The van der Waals surface area contributed by atoms with Gasteiger partial charge in [0.15, 0.2) is 0 Å². The highest BCUT2D eigenvalue weighted by molar-refractivity contribution is 7.89. The molecule has 0 unspecified atom stereocenters. The van der Waals surface area contributed by atoms with Crippen LogP contribution in [0.1, 0.15) is 10.4 Å². The van der Waals surface area contributed by atoms with Crippen molar-refractivity contribution >= 4 is 27.3 Å². The first-order valence-electron chi connectivity index (χ1n) is 7.07.